The highest BCUT2D eigenvalue weighted by Crippen LogP contribution is 2.33. The molecular weight excluding hydrogens is 323 g/mol. The predicted molar refractivity (Wildman–Crippen MR) is 88.2 cm³/mol. The largest absolute Gasteiger partial charge is 0.507 e. The van der Waals surface area contributed by atoms with Gasteiger partial charge >= 0.3 is 0 Å². The van der Waals surface area contributed by atoms with Crippen LogP contribution in [-0.4, -0.2) is 17.9 Å². The second-order valence-corrected chi connectivity index (χ2v) is 5.84. The van der Waals surface area contributed by atoms with Crippen molar-refractivity contribution < 1.29 is 9.84 Å². The number of methoxy groups -OCH3 is 1. The summed E-state index contributed by atoms with van der Waals surface area (Å²) in [6.45, 7) is 0. The minimum Gasteiger partial charge on any atom is -0.507 e. The van der Waals surface area contributed by atoms with E-state index in [2.05, 4.69) is 10.5 Å². The van der Waals surface area contributed by atoms with Crippen molar-refractivity contribution in [2.75, 3.05) is 7.11 Å². The Kier molecular flexibility index (Phi) is 4.14. The van der Waals surface area contributed by atoms with Crippen molar-refractivity contribution >= 4 is 28.9 Å². The number of hydrogen-bond acceptors (Lipinski definition) is 4. The number of hydrazone groups is 1. The van der Waals surface area contributed by atoms with Gasteiger partial charge in [-0.15, -0.1) is 0 Å². The Balaban J connectivity index is 1.82. The van der Waals surface area contributed by atoms with Crippen molar-refractivity contribution in [1.29, 1.82) is 0 Å². The van der Waals surface area contributed by atoms with Gasteiger partial charge in [-0.2, -0.15) is 5.10 Å². The van der Waals surface area contributed by atoms with Crippen molar-refractivity contribution in [2.24, 2.45) is 5.10 Å². The molecule has 0 radical (unpaired) electrons. The maximum atomic E-state index is 10.1. The number of ether oxygens (including phenoxy) is 1. The van der Waals surface area contributed by atoms with Gasteiger partial charge in [0, 0.05) is 28.1 Å². The summed E-state index contributed by atoms with van der Waals surface area (Å²) in [6.07, 6.45) is 0.626. The predicted octanol–water partition coefficient (Wildman–Crippen LogP) is 4.15. The first-order chi connectivity index (χ1) is 10.6. The van der Waals surface area contributed by atoms with Gasteiger partial charge in [0.2, 0.25) is 0 Å². The van der Waals surface area contributed by atoms with E-state index in [0.29, 0.717) is 27.8 Å². The molecule has 0 saturated heterocycles. The Morgan fingerprint density at radius 2 is 2.05 bits per heavy atom. The first kappa shape index (κ1) is 15.0. The van der Waals surface area contributed by atoms with Crippen molar-refractivity contribution in [3.8, 4) is 11.5 Å². The molecule has 6 heteroatoms. The van der Waals surface area contributed by atoms with Crippen LogP contribution in [0.4, 0.5) is 0 Å². The molecule has 0 amide bonds. The fraction of sp³-hybridized carbons (Fsp3) is 0.188. The monoisotopic (exact) mass is 336 g/mol. The average Bonchev–Trinajstić information content (AvgIpc) is 2.96. The molecule has 0 aliphatic carbocycles. The van der Waals surface area contributed by atoms with Crippen LogP contribution in [-0.2, 0) is 0 Å². The van der Waals surface area contributed by atoms with E-state index < -0.39 is 0 Å². The molecule has 0 spiro atoms. The molecule has 0 fully saturated rings. The minimum atomic E-state index is -0.0405. The number of phenolic OH excluding ortho intramolecular Hbond substituents is 1. The van der Waals surface area contributed by atoms with Gasteiger partial charge in [0.05, 0.1) is 18.9 Å². The molecule has 1 aliphatic rings. The molecule has 1 atom stereocenters. The molecule has 1 unspecified atom stereocenters. The van der Waals surface area contributed by atoms with Crippen molar-refractivity contribution in [3.05, 3.63) is 57.6 Å². The Hall–Kier alpha value is -1.91. The lowest BCUT2D eigenvalue weighted by atomic mass is 9.98. The SMILES string of the molecule is COc1ccc(C2=NNC(c3ccc(Cl)cc3Cl)C2)c(O)c1. The number of nitrogens with one attached hydrogen (secondary N) is 1. The first-order valence-corrected chi connectivity index (χ1v) is 7.48. The fourth-order valence-corrected chi connectivity index (χ4v) is 3.00. The molecular formula is C16H14Cl2N2O2. The van der Waals surface area contributed by atoms with Crippen LogP contribution >= 0.6 is 23.2 Å². The molecule has 2 aromatic carbocycles. The second-order valence-electron chi connectivity index (χ2n) is 4.99. The molecule has 1 aliphatic heterocycles. The maximum absolute atomic E-state index is 10.1. The van der Waals surface area contributed by atoms with E-state index in [1.807, 2.05) is 6.07 Å². The van der Waals surface area contributed by atoms with Gasteiger partial charge < -0.3 is 15.3 Å². The van der Waals surface area contributed by atoms with Gasteiger partial charge in [-0.1, -0.05) is 29.3 Å². The molecule has 2 N–H and O–H groups in total. The van der Waals surface area contributed by atoms with Crippen LogP contribution in [0, 0.1) is 0 Å². The molecule has 114 valence electrons. The Morgan fingerprint density at radius 1 is 1.23 bits per heavy atom. The zero-order valence-corrected chi connectivity index (χ0v) is 13.3. The van der Waals surface area contributed by atoms with Gasteiger partial charge in [-0.25, -0.2) is 0 Å². The van der Waals surface area contributed by atoms with Crippen molar-refractivity contribution in [2.45, 2.75) is 12.5 Å². The quantitative estimate of drug-likeness (QED) is 0.885. The number of hydrogen-bond donors (Lipinski definition) is 2. The molecule has 2 aromatic rings. The maximum Gasteiger partial charge on any atom is 0.128 e. The molecule has 22 heavy (non-hydrogen) atoms. The lowest BCUT2D eigenvalue weighted by molar-refractivity contribution is 0.407. The highest BCUT2D eigenvalue weighted by molar-refractivity contribution is 6.35. The summed E-state index contributed by atoms with van der Waals surface area (Å²) >= 11 is 12.2. The molecule has 4 nitrogen and oxygen atoms in total. The highest BCUT2D eigenvalue weighted by Gasteiger charge is 2.24. The zero-order chi connectivity index (χ0) is 15.7. The summed E-state index contributed by atoms with van der Waals surface area (Å²) in [5, 5.41) is 15.6. The molecule has 1 heterocycles. The van der Waals surface area contributed by atoms with E-state index in [1.54, 1.807) is 37.4 Å². The second kappa shape index (κ2) is 6.07. The number of phenols is 1. The van der Waals surface area contributed by atoms with Crippen molar-refractivity contribution in [1.82, 2.24) is 5.43 Å². The number of benzene rings is 2. The van der Waals surface area contributed by atoms with Gasteiger partial charge in [0.25, 0.3) is 0 Å². The number of nitrogens with zero attached hydrogens (tertiary/aromatic N) is 1. The third-order valence-corrected chi connectivity index (χ3v) is 4.17. The number of halogens is 2. The molecule has 0 saturated carbocycles. The summed E-state index contributed by atoms with van der Waals surface area (Å²) in [7, 11) is 1.56. The fourth-order valence-electron chi connectivity index (χ4n) is 2.46. The summed E-state index contributed by atoms with van der Waals surface area (Å²) < 4.78 is 5.08. The van der Waals surface area contributed by atoms with Crippen LogP contribution in [0.5, 0.6) is 11.5 Å². The zero-order valence-electron chi connectivity index (χ0n) is 11.8. The third kappa shape index (κ3) is 2.85. The van der Waals surface area contributed by atoms with Gasteiger partial charge in [-0.3, -0.25) is 0 Å². The topological polar surface area (TPSA) is 53.8 Å². The summed E-state index contributed by atoms with van der Waals surface area (Å²) in [5.74, 6) is 0.743. The summed E-state index contributed by atoms with van der Waals surface area (Å²) in [6, 6.07) is 10.5. The van der Waals surface area contributed by atoms with E-state index in [9.17, 15) is 5.11 Å². The van der Waals surface area contributed by atoms with E-state index in [1.165, 1.54) is 0 Å². The van der Waals surface area contributed by atoms with Gasteiger partial charge in [-0.05, 0) is 29.8 Å². The van der Waals surface area contributed by atoms with E-state index >= 15 is 0 Å². The molecule has 3 rings (SSSR count). The van der Waals surface area contributed by atoms with Gasteiger partial charge in [0.1, 0.15) is 11.5 Å². The van der Waals surface area contributed by atoms with Crippen LogP contribution in [0.1, 0.15) is 23.6 Å². The number of rotatable bonds is 3. The average molecular weight is 337 g/mol. The Bertz CT molecular complexity index is 747. The lowest BCUT2D eigenvalue weighted by Gasteiger charge is -2.12. The minimum absolute atomic E-state index is 0.0405. The first-order valence-electron chi connectivity index (χ1n) is 6.73. The lowest BCUT2D eigenvalue weighted by Crippen LogP contribution is -2.10. The normalized spacial score (nSPS) is 17.0. The smallest absolute Gasteiger partial charge is 0.128 e. The standard InChI is InChI=1S/C16H14Cl2N2O2/c1-22-10-3-5-12(16(21)7-10)15-8-14(19-20-15)11-4-2-9(17)6-13(11)18/h2-7,14,19,21H,8H2,1H3. The van der Waals surface area contributed by atoms with Crippen LogP contribution in [0.2, 0.25) is 10.0 Å². The van der Waals surface area contributed by atoms with Crippen LogP contribution in [0.15, 0.2) is 41.5 Å². The molecule has 0 aromatic heterocycles. The van der Waals surface area contributed by atoms with Crippen molar-refractivity contribution in [3.63, 3.8) is 0 Å². The number of aromatic hydroxyl groups is 1. The highest BCUT2D eigenvalue weighted by atomic mass is 35.5. The molecule has 0 bridgehead atoms. The summed E-state index contributed by atoms with van der Waals surface area (Å²) in [5.41, 5.74) is 5.44. The van der Waals surface area contributed by atoms with Crippen LogP contribution in [0.3, 0.4) is 0 Å². The van der Waals surface area contributed by atoms with Crippen LogP contribution < -0.4 is 10.2 Å². The third-order valence-electron chi connectivity index (χ3n) is 3.61. The van der Waals surface area contributed by atoms with E-state index in [4.69, 9.17) is 27.9 Å². The summed E-state index contributed by atoms with van der Waals surface area (Å²) in [4.78, 5) is 0. The Labute approximate surface area is 138 Å². The van der Waals surface area contributed by atoms with Gasteiger partial charge in [0.15, 0.2) is 0 Å². The Morgan fingerprint density at radius 3 is 2.73 bits per heavy atom. The van der Waals surface area contributed by atoms with E-state index in [-0.39, 0.29) is 11.8 Å². The van der Waals surface area contributed by atoms with Crippen LogP contribution in [0.25, 0.3) is 0 Å². The van der Waals surface area contributed by atoms with E-state index in [0.717, 1.165) is 11.3 Å².